The Labute approximate surface area is 136 Å². The second kappa shape index (κ2) is 5.62. The summed E-state index contributed by atoms with van der Waals surface area (Å²) in [7, 11) is 0. The topological polar surface area (TPSA) is 85.4 Å². The third-order valence-corrected chi connectivity index (χ3v) is 3.65. The molecular weight excluding hydrogens is 307 g/mol. The number of aromatic nitrogens is 5. The number of nitrogens with one attached hydrogen (secondary N) is 1. The molecule has 0 aliphatic carbocycles. The van der Waals surface area contributed by atoms with Crippen molar-refractivity contribution in [1.29, 1.82) is 0 Å². The molecule has 24 heavy (non-hydrogen) atoms. The number of nitrogen functional groups attached to an aromatic ring is 1. The molecule has 0 aliphatic rings. The normalized spacial score (nSPS) is 10.9. The van der Waals surface area contributed by atoms with Crippen LogP contribution in [-0.4, -0.2) is 24.7 Å². The molecule has 0 aliphatic heterocycles. The Kier molecular flexibility index (Phi) is 3.31. The van der Waals surface area contributed by atoms with Crippen LogP contribution in [0.5, 0.6) is 0 Å². The predicted molar refractivity (Wildman–Crippen MR) is 88.7 cm³/mol. The van der Waals surface area contributed by atoms with Gasteiger partial charge in [-0.1, -0.05) is 30.3 Å². The summed E-state index contributed by atoms with van der Waals surface area (Å²) in [4.78, 5) is 8.75. The molecule has 0 amide bonds. The number of aromatic amines is 1. The lowest BCUT2D eigenvalue weighted by Gasteiger charge is -2.04. The smallest absolute Gasteiger partial charge is 0.181 e. The van der Waals surface area contributed by atoms with E-state index in [1.54, 1.807) is 23.0 Å². The summed E-state index contributed by atoms with van der Waals surface area (Å²) in [5, 5.41) is 7.07. The highest BCUT2D eigenvalue weighted by Crippen LogP contribution is 2.25. The molecular formula is C17H13FN6. The van der Waals surface area contributed by atoms with E-state index in [-0.39, 0.29) is 5.82 Å². The Morgan fingerprint density at radius 1 is 1.00 bits per heavy atom. The van der Waals surface area contributed by atoms with Crippen molar-refractivity contribution in [2.45, 2.75) is 0 Å². The molecule has 2 aromatic heterocycles. The fraction of sp³-hybridized carbons (Fsp3) is 0. The van der Waals surface area contributed by atoms with Crippen LogP contribution in [0.1, 0.15) is 0 Å². The van der Waals surface area contributed by atoms with Crippen LogP contribution in [0, 0.1) is 5.82 Å². The second-order valence-electron chi connectivity index (χ2n) is 5.20. The first-order valence-corrected chi connectivity index (χ1v) is 7.29. The van der Waals surface area contributed by atoms with Gasteiger partial charge in [-0.2, -0.15) is 5.10 Å². The van der Waals surface area contributed by atoms with Crippen molar-refractivity contribution in [3.8, 4) is 28.6 Å². The van der Waals surface area contributed by atoms with Gasteiger partial charge in [-0.3, -0.25) is 9.67 Å². The lowest BCUT2D eigenvalue weighted by molar-refractivity contribution is 0.627. The third kappa shape index (κ3) is 2.41. The van der Waals surface area contributed by atoms with Crippen LogP contribution in [0.3, 0.4) is 0 Å². The van der Waals surface area contributed by atoms with Gasteiger partial charge in [-0.25, -0.2) is 14.4 Å². The number of anilines is 1. The van der Waals surface area contributed by atoms with Crippen LogP contribution < -0.4 is 5.73 Å². The quantitative estimate of drug-likeness (QED) is 0.607. The van der Waals surface area contributed by atoms with Gasteiger partial charge in [-0.05, 0) is 24.3 Å². The summed E-state index contributed by atoms with van der Waals surface area (Å²) in [5.74, 6) is 1.14. The van der Waals surface area contributed by atoms with E-state index >= 15 is 0 Å². The maximum Gasteiger partial charge on any atom is 0.181 e. The maximum atomic E-state index is 13.1. The highest BCUT2D eigenvalue weighted by atomic mass is 19.1. The lowest BCUT2D eigenvalue weighted by atomic mass is 10.2. The highest BCUT2D eigenvalue weighted by molar-refractivity contribution is 5.68. The molecule has 0 bridgehead atoms. The van der Waals surface area contributed by atoms with Crippen molar-refractivity contribution in [2.75, 3.05) is 5.73 Å². The lowest BCUT2D eigenvalue weighted by Crippen LogP contribution is -2.00. The molecule has 118 valence electrons. The summed E-state index contributed by atoms with van der Waals surface area (Å²) < 4.78 is 14.7. The zero-order chi connectivity index (χ0) is 16.5. The number of H-pyrrole nitrogens is 1. The van der Waals surface area contributed by atoms with Gasteiger partial charge in [0.25, 0.3) is 0 Å². The van der Waals surface area contributed by atoms with Gasteiger partial charge in [-0.15, -0.1) is 0 Å². The Balaban J connectivity index is 1.71. The molecule has 2 aromatic carbocycles. The molecule has 0 saturated heterocycles. The largest absolute Gasteiger partial charge is 0.383 e. The molecule has 2 heterocycles. The van der Waals surface area contributed by atoms with Crippen molar-refractivity contribution in [3.63, 3.8) is 0 Å². The van der Waals surface area contributed by atoms with Crippen LogP contribution >= 0.6 is 0 Å². The monoisotopic (exact) mass is 320 g/mol. The van der Waals surface area contributed by atoms with Gasteiger partial charge in [0.1, 0.15) is 23.7 Å². The van der Waals surface area contributed by atoms with Crippen molar-refractivity contribution in [1.82, 2.24) is 24.7 Å². The van der Waals surface area contributed by atoms with Crippen LogP contribution in [0.15, 0.2) is 60.9 Å². The minimum atomic E-state index is -0.305. The first kappa shape index (κ1) is 14.1. The molecule has 0 saturated carbocycles. The Hall–Kier alpha value is -3.48. The molecule has 0 radical (unpaired) electrons. The van der Waals surface area contributed by atoms with E-state index in [1.165, 1.54) is 12.1 Å². The van der Waals surface area contributed by atoms with Gasteiger partial charge in [0.15, 0.2) is 11.6 Å². The standard InChI is InChI=1S/C17H13FN6/c18-12-6-8-13(9-7-12)24-10-20-14(15(24)19)17-21-16(22-23-17)11-4-2-1-3-5-11/h1-10H,19H2,(H,21,22,23). The molecule has 7 heteroatoms. The number of benzene rings is 2. The van der Waals surface area contributed by atoms with E-state index < -0.39 is 0 Å². The fourth-order valence-corrected chi connectivity index (χ4v) is 2.43. The Morgan fingerprint density at radius 2 is 1.75 bits per heavy atom. The average Bonchev–Trinajstić information content (AvgIpc) is 3.23. The van der Waals surface area contributed by atoms with E-state index in [2.05, 4.69) is 20.2 Å². The number of hydrogen-bond donors (Lipinski definition) is 2. The molecule has 0 fully saturated rings. The first-order chi connectivity index (χ1) is 11.7. The van der Waals surface area contributed by atoms with E-state index in [0.29, 0.717) is 23.2 Å². The molecule has 6 nitrogen and oxygen atoms in total. The number of imidazole rings is 1. The summed E-state index contributed by atoms with van der Waals surface area (Å²) in [6.45, 7) is 0. The number of hydrogen-bond acceptors (Lipinski definition) is 4. The Bertz CT molecular complexity index is 972. The minimum Gasteiger partial charge on any atom is -0.383 e. The summed E-state index contributed by atoms with van der Waals surface area (Å²) in [6.07, 6.45) is 1.57. The van der Waals surface area contributed by atoms with E-state index in [4.69, 9.17) is 5.73 Å². The highest BCUT2D eigenvalue weighted by Gasteiger charge is 2.15. The van der Waals surface area contributed by atoms with Crippen molar-refractivity contribution >= 4 is 5.82 Å². The summed E-state index contributed by atoms with van der Waals surface area (Å²) in [5.41, 5.74) is 8.28. The van der Waals surface area contributed by atoms with Gasteiger partial charge in [0.2, 0.25) is 0 Å². The molecule has 0 unspecified atom stereocenters. The van der Waals surface area contributed by atoms with Crippen molar-refractivity contribution in [2.24, 2.45) is 0 Å². The number of rotatable bonds is 3. The summed E-state index contributed by atoms with van der Waals surface area (Å²) >= 11 is 0. The molecule has 3 N–H and O–H groups in total. The fourth-order valence-electron chi connectivity index (χ4n) is 2.43. The number of nitrogens with zero attached hydrogens (tertiary/aromatic N) is 4. The van der Waals surface area contributed by atoms with E-state index in [1.807, 2.05) is 30.3 Å². The average molecular weight is 320 g/mol. The van der Waals surface area contributed by atoms with Crippen LogP contribution in [-0.2, 0) is 0 Å². The van der Waals surface area contributed by atoms with Crippen molar-refractivity contribution < 1.29 is 4.39 Å². The van der Waals surface area contributed by atoms with E-state index in [0.717, 1.165) is 11.3 Å². The van der Waals surface area contributed by atoms with Gasteiger partial charge < -0.3 is 5.73 Å². The molecule has 4 aromatic rings. The molecule has 4 rings (SSSR count). The van der Waals surface area contributed by atoms with Crippen LogP contribution in [0.2, 0.25) is 0 Å². The number of halogens is 1. The first-order valence-electron chi connectivity index (χ1n) is 7.29. The summed E-state index contributed by atoms with van der Waals surface area (Å²) in [6, 6.07) is 15.6. The Morgan fingerprint density at radius 3 is 2.50 bits per heavy atom. The van der Waals surface area contributed by atoms with Crippen molar-refractivity contribution in [3.05, 3.63) is 66.7 Å². The van der Waals surface area contributed by atoms with E-state index in [9.17, 15) is 4.39 Å². The zero-order valence-electron chi connectivity index (χ0n) is 12.5. The zero-order valence-corrected chi connectivity index (χ0v) is 12.5. The van der Waals surface area contributed by atoms with Crippen LogP contribution in [0.25, 0.3) is 28.6 Å². The molecule has 0 atom stereocenters. The van der Waals surface area contributed by atoms with Gasteiger partial charge in [0.05, 0.1) is 0 Å². The minimum absolute atomic E-state index is 0.305. The third-order valence-electron chi connectivity index (χ3n) is 3.65. The SMILES string of the molecule is Nc1c(-c2nc(-c3ccccc3)n[nH]2)ncn1-c1ccc(F)cc1. The van der Waals surface area contributed by atoms with Crippen LogP contribution in [0.4, 0.5) is 10.2 Å². The van der Waals surface area contributed by atoms with Gasteiger partial charge >= 0.3 is 0 Å². The predicted octanol–water partition coefficient (Wildman–Crippen LogP) is 3.05. The maximum absolute atomic E-state index is 13.1. The number of nitrogens with two attached hydrogens (primary N) is 1. The second-order valence-corrected chi connectivity index (χ2v) is 5.20. The molecule has 0 spiro atoms. The van der Waals surface area contributed by atoms with Gasteiger partial charge in [0, 0.05) is 11.3 Å².